The first-order valence-corrected chi connectivity index (χ1v) is 4.93. The lowest BCUT2D eigenvalue weighted by Gasteiger charge is -2.14. The van der Waals surface area contributed by atoms with Gasteiger partial charge in [-0.2, -0.15) is 0 Å². The summed E-state index contributed by atoms with van der Waals surface area (Å²) in [5.41, 5.74) is 1.15. The van der Waals surface area contributed by atoms with E-state index in [4.69, 9.17) is 0 Å². The lowest BCUT2D eigenvalue weighted by molar-refractivity contribution is 0.198. The maximum Gasteiger partial charge on any atom is 0.121 e. The van der Waals surface area contributed by atoms with Gasteiger partial charge in [-0.15, -0.1) is 11.3 Å². The quantitative estimate of drug-likeness (QED) is 0.729. The Hall–Kier alpha value is -0.410. The van der Waals surface area contributed by atoms with Gasteiger partial charge in [-0.3, -0.25) is 0 Å². The van der Waals surface area contributed by atoms with Gasteiger partial charge in [-0.25, -0.2) is 4.98 Å². The highest BCUT2D eigenvalue weighted by molar-refractivity contribution is 7.09. The Balaban J connectivity index is 2.92. The second-order valence-corrected chi connectivity index (χ2v) is 4.89. The molecular weight excluding hydrogens is 170 g/mol. The molecule has 1 N–H and O–H groups in total. The third-order valence-corrected chi connectivity index (χ3v) is 2.66. The molecular formula is C9H15NOS. The van der Waals surface area contributed by atoms with Crippen molar-refractivity contribution in [3.05, 3.63) is 16.1 Å². The summed E-state index contributed by atoms with van der Waals surface area (Å²) in [6, 6.07) is 0. The summed E-state index contributed by atoms with van der Waals surface area (Å²) in [6.07, 6.45) is -0.439. The number of aliphatic hydroxyl groups excluding tert-OH is 1. The van der Waals surface area contributed by atoms with Crippen LogP contribution < -0.4 is 0 Å². The Bertz CT molecular complexity index is 260. The fourth-order valence-electron chi connectivity index (χ4n) is 0.824. The van der Waals surface area contributed by atoms with E-state index in [2.05, 4.69) is 25.8 Å². The fourth-order valence-corrected chi connectivity index (χ4v) is 1.81. The molecule has 0 aliphatic carbocycles. The molecule has 12 heavy (non-hydrogen) atoms. The zero-order valence-electron chi connectivity index (χ0n) is 7.96. The molecule has 0 aliphatic heterocycles. The number of hydrogen-bond donors (Lipinski definition) is 1. The largest absolute Gasteiger partial charge is 0.386 e. The molecule has 0 fully saturated rings. The van der Waals surface area contributed by atoms with Gasteiger partial charge in [0.15, 0.2) is 0 Å². The summed E-state index contributed by atoms with van der Waals surface area (Å²) in [5.74, 6) is 0. The van der Waals surface area contributed by atoms with Crippen molar-refractivity contribution < 1.29 is 5.11 Å². The predicted molar refractivity (Wildman–Crippen MR) is 51.4 cm³/mol. The number of aliphatic hydroxyl groups is 1. The van der Waals surface area contributed by atoms with Crippen LogP contribution >= 0.6 is 11.3 Å². The van der Waals surface area contributed by atoms with Crippen molar-refractivity contribution in [1.29, 1.82) is 0 Å². The van der Waals surface area contributed by atoms with Gasteiger partial charge in [0.1, 0.15) is 11.1 Å². The molecule has 1 unspecified atom stereocenters. The normalized spacial score (nSPS) is 14.8. The summed E-state index contributed by atoms with van der Waals surface area (Å²) in [6.45, 7) is 8.10. The average Bonchev–Trinajstić information content (AvgIpc) is 2.30. The second kappa shape index (κ2) is 3.15. The fraction of sp³-hybridized carbons (Fsp3) is 0.667. The van der Waals surface area contributed by atoms with Gasteiger partial charge >= 0.3 is 0 Å². The number of rotatable bonds is 1. The molecule has 0 saturated heterocycles. The van der Waals surface area contributed by atoms with Crippen molar-refractivity contribution in [3.8, 4) is 0 Å². The zero-order valence-corrected chi connectivity index (χ0v) is 8.77. The minimum absolute atomic E-state index is 0.0869. The highest BCUT2D eigenvalue weighted by atomic mass is 32.1. The Morgan fingerprint density at radius 2 is 2.08 bits per heavy atom. The van der Waals surface area contributed by atoms with Gasteiger partial charge in [-0.05, 0) is 6.92 Å². The molecule has 0 aromatic carbocycles. The zero-order chi connectivity index (χ0) is 9.35. The lowest BCUT2D eigenvalue weighted by atomic mass is 9.93. The van der Waals surface area contributed by atoms with E-state index in [0.717, 1.165) is 10.7 Å². The molecule has 1 rings (SSSR count). The van der Waals surface area contributed by atoms with Gasteiger partial charge in [-0.1, -0.05) is 20.8 Å². The van der Waals surface area contributed by atoms with E-state index in [1.807, 2.05) is 5.38 Å². The maximum atomic E-state index is 9.25. The summed E-state index contributed by atoms with van der Waals surface area (Å²) < 4.78 is 0. The predicted octanol–water partition coefficient (Wildman–Crippen LogP) is 2.49. The molecule has 1 heterocycles. The molecule has 1 aromatic rings. The van der Waals surface area contributed by atoms with Gasteiger partial charge in [0.25, 0.3) is 0 Å². The van der Waals surface area contributed by atoms with Crippen LogP contribution in [0, 0.1) is 0 Å². The van der Waals surface area contributed by atoms with Crippen LogP contribution in [0.15, 0.2) is 5.38 Å². The Labute approximate surface area is 77.3 Å². The van der Waals surface area contributed by atoms with E-state index in [1.54, 1.807) is 6.92 Å². The molecule has 1 atom stereocenters. The van der Waals surface area contributed by atoms with Crippen molar-refractivity contribution >= 4 is 11.3 Å². The SMILES string of the molecule is CC(O)c1nc(C(C)(C)C)cs1. The van der Waals surface area contributed by atoms with E-state index >= 15 is 0 Å². The second-order valence-electron chi connectivity index (χ2n) is 4.00. The van der Waals surface area contributed by atoms with E-state index < -0.39 is 6.10 Å². The third-order valence-electron chi connectivity index (χ3n) is 1.65. The number of aromatic nitrogens is 1. The summed E-state index contributed by atoms with van der Waals surface area (Å²) >= 11 is 1.52. The summed E-state index contributed by atoms with van der Waals surface area (Å²) in [5, 5.41) is 12.1. The standard InChI is InChI=1S/C9H15NOS/c1-6(11)8-10-7(5-12-8)9(2,3)4/h5-6,11H,1-4H3. The van der Waals surface area contributed by atoms with E-state index in [1.165, 1.54) is 11.3 Å². The topological polar surface area (TPSA) is 33.1 Å². The highest BCUT2D eigenvalue weighted by Crippen LogP contribution is 2.26. The smallest absolute Gasteiger partial charge is 0.121 e. The van der Waals surface area contributed by atoms with E-state index in [0.29, 0.717) is 0 Å². The van der Waals surface area contributed by atoms with Crippen LogP contribution in [-0.4, -0.2) is 10.1 Å². The van der Waals surface area contributed by atoms with Crippen molar-refractivity contribution in [2.45, 2.75) is 39.2 Å². The van der Waals surface area contributed by atoms with Crippen molar-refractivity contribution in [1.82, 2.24) is 4.98 Å². The molecule has 0 bridgehead atoms. The molecule has 2 nitrogen and oxygen atoms in total. The third kappa shape index (κ3) is 2.05. The van der Waals surface area contributed by atoms with Gasteiger partial charge in [0, 0.05) is 10.8 Å². The molecule has 3 heteroatoms. The molecule has 68 valence electrons. The van der Waals surface area contributed by atoms with Crippen molar-refractivity contribution in [2.24, 2.45) is 0 Å². The number of hydrogen-bond acceptors (Lipinski definition) is 3. The van der Waals surface area contributed by atoms with Crippen LogP contribution in [0.1, 0.15) is 44.5 Å². The average molecular weight is 185 g/mol. The number of nitrogens with zero attached hydrogens (tertiary/aromatic N) is 1. The monoisotopic (exact) mass is 185 g/mol. The first-order valence-electron chi connectivity index (χ1n) is 4.05. The lowest BCUT2D eigenvalue weighted by Crippen LogP contribution is -2.11. The van der Waals surface area contributed by atoms with E-state index in [9.17, 15) is 5.11 Å². The van der Waals surface area contributed by atoms with Gasteiger partial charge < -0.3 is 5.11 Å². The molecule has 0 radical (unpaired) electrons. The Kier molecular flexibility index (Phi) is 2.54. The number of thiazole rings is 1. The van der Waals surface area contributed by atoms with E-state index in [-0.39, 0.29) is 5.41 Å². The van der Waals surface area contributed by atoms with Crippen molar-refractivity contribution in [3.63, 3.8) is 0 Å². The Morgan fingerprint density at radius 3 is 2.33 bits per heavy atom. The van der Waals surface area contributed by atoms with Crippen LogP contribution in [0.25, 0.3) is 0 Å². The minimum Gasteiger partial charge on any atom is -0.386 e. The molecule has 1 aromatic heterocycles. The maximum absolute atomic E-state index is 9.25. The minimum atomic E-state index is -0.439. The molecule has 0 amide bonds. The van der Waals surface area contributed by atoms with Crippen LogP contribution in [0.4, 0.5) is 0 Å². The molecule has 0 aliphatic rings. The van der Waals surface area contributed by atoms with Crippen LogP contribution in [-0.2, 0) is 5.41 Å². The van der Waals surface area contributed by atoms with Crippen LogP contribution in [0.5, 0.6) is 0 Å². The molecule has 0 spiro atoms. The summed E-state index contributed by atoms with van der Waals surface area (Å²) in [4.78, 5) is 4.35. The van der Waals surface area contributed by atoms with Gasteiger partial charge in [0.2, 0.25) is 0 Å². The van der Waals surface area contributed by atoms with Crippen LogP contribution in [0.3, 0.4) is 0 Å². The first kappa shape index (κ1) is 9.68. The van der Waals surface area contributed by atoms with Crippen LogP contribution in [0.2, 0.25) is 0 Å². The Morgan fingerprint density at radius 1 is 1.50 bits per heavy atom. The van der Waals surface area contributed by atoms with Gasteiger partial charge in [0.05, 0.1) is 5.69 Å². The molecule has 0 saturated carbocycles. The first-order chi connectivity index (χ1) is 5.41. The van der Waals surface area contributed by atoms with Crippen molar-refractivity contribution in [2.75, 3.05) is 0 Å². The summed E-state index contributed by atoms with van der Waals surface area (Å²) in [7, 11) is 0. The highest BCUT2D eigenvalue weighted by Gasteiger charge is 2.18.